The van der Waals surface area contributed by atoms with Crippen LogP contribution < -0.4 is 5.32 Å². The minimum atomic E-state index is -1.06. The number of hydrogen-bond acceptors (Lipinski definition) is 7. The molecule has 8 nitrogen and oxygen atoms in total. The van der Waals surface area contributed by atoms with Gasteiger partial charge >= 0.3 is 6.09 Å². The fourth-order valence-electron chi connectivity index (χ4n) is 7.34. The molecule has 1 spiro atoms. The second-order valence-electron chi connectivity index (χ2n) is 12.7. The van der Waals surface area contributed by atoms with Gasteiger partial charge in [-0.25, -0.2) is 9.18 Å². The zero-order chi connectivity index (χ0) is 26.0. The first-order valence-corrected chi connectivity index (χ1v) is 14.5. The molecule has 1 saturated carbocycles. The standard InChI is InChI=1S/C28H45FN4O4/c1-27(2,3)36-26(34)33-14-9-19(10-15-33)24-31-25(37-32-24)22-21(29)17-30-23(20-11-16-35-18-20)28(22)12-7-5-4-6-8-13-28/h19-23,30H,4-18H2,1-3H3. The summed E-state index contributed by atoms with van der Waals surface area (Å²) in [7, 11) is 0. The Kier molecular flexibility index (Phi) is 8.10. The van der Waals surface area contributed by atoms with E-state index in [9.17, 15) is 4.79 Å². The highest BCUT2D eigenvalue weighted by atomic mass is 19.1. The molecule has 1 N–H and O–H groups in total. The highest BCUT2D eigenvalue weighted by molar-refractivity contribution is 5.68. The van der Waals surface area contributed by atoms with Crippen LogP contribution in [0.3, 0.4) is 0 Å². The summed E-state index contributed by atoms with van der Waals surface area (Å²) in [6.07, 6.45) is 9.03. The lowest BCUT2D eigenvalue weighted by molar-refractivity contribution is -0.0203. The largest absolute Gasteiger partial charge is 0.444 e. The monoisotopic (exact) mass is 520 g/mol. The summed E-state index contributed by atoms with van der Waals surface area (Å²) in [6.45, 7) is 8.68. The SMILES string of the molecule is CC(C)(C)OC(=O)N1CCC(c2noc(C3C(F)CNC(C4CCOC4)C34CCCCCCC4)n2)CC1. The average Bonchev–Trinajstić information content (AvgIpc) is 3.53. The smallest absolute Gasteiger partial charge is 0.410 e. The molecule has 4 unspecified atom stereocenters. The van der Waals surface area contributed by atoms with Crippen molar-refractivity contribution in [3.63, 3.8) is 0 Å². The normalized spacial score (nSPS) is 31.7. The van der Waals surface area contributed by atoms with Crippen LogP contribution in [0.5, 0.6) is 0 Å². The molecule has 1 aromatic rings. The molecule has 5 rings (SSSR count). The number of nitrogens with zero attached hydrogens (tertiary/aromatic N) is 3. The fraction of sp³-hybridized carbons (Fsp3) is 0.893. The number of halogens is 1. The zero-order valence-corrected chi connectivity index (χ0v) is 22.8. The van der Waals surface area contributed by atoms with Crippen LogP contribution in [0.1, 0.15) is 109 Å². The average molecular weight is 521 g/mol. The number of alkyl halides is 1. The molecule has 9 heteroatoms. The molecule has 3 saturated heterocycles. The molecule has 4 aliphatic rings. The van der Waals surface area contributed by atoms with Gasteiger partial charge in [-0.3, -0.25) is 0 Å². The van der Waals surface area contributed by atoms with E-state index >= 15 is 4.39 Å². The number of carbonyl (C=O) groups excluding carboxylic acids is 1. The van der Waals surface area contributed by atoms with Crippen molar-refractivity contribution in [2.24, 2.45) is 11.3 Å². The van der Waals surface area contributed by atoms with Crippen LogP contribution >= 0.6 is 0 Å². The molecule has 1 amide bonds. The van der Waals surface area contributed by atoms with Crippen LogP contribution in [0.2, 0.25) is 0 Å². The highest BCUT2D eigenvalue weighted by Gasteiger charge is 2.56. The summed E-state index contributed by atoms with van der Waals surface area (Å²) in [5.74, 6) is 1.24. The minimum absolute atomic E-state index is 0.100. The van der Waals surface area contributed by atoms with E-state index in [0.717, 1.165) is 58.2 Å². The second-order valence-corrected chi connectivity index (χ2v) is 12.7. The lowest BCUT2D eigenvalue weighted by Crippen LogP contribution is -2.61. The molecular weight excluding hydrogens is 475 g/mol. The predicted molar refractivity (Wildman–Crippen MR) is 137 cm³/mol. The van der Waals surface area contributed by atoms with E-state index in [2.05, 4.69) is 10.5 Å². The molecule has 3 aliphatic heterocycles. The summed E-state index contributed by atoms with van der Waals surface area (Å²) in [5, 5.41) is 8.02. The summed E-state index contributed by atoms with van der Waals surface area (Å²) < 4.78 is 33.1. The number of hydrogen-bond donors (Lipinski definition) is 1. The number of likely N-dealkylation sites (tertiary alicyclic amines) is 1. The van der Waals surface area contributed by atoms with E-state index in [0.29, 0.717) is 37.3 Å². The third-order valence-electron chi connectivity index (χ3n) is 9.09. The van der Waals surface area contributed by atoms with E-state index in [-0.39, 0.29) is 29.4 Å². The summed E-state index contributed by atoms with van der Waals surface area (Å²) in [5.41, 5.74) is -0.746. The van der Waals surface area contributed by atoms with Gasteiger partial charge in [0.05, 0.1) is 12.5 Å². The van der Waals surface area contributed by atoms with Gasteiger partial charge in [-0.1, -0.05) is 37.3 Å². The summed E-state index contributed by atoms with van der Waals surface area (Å²) in [4.78, 5) is 19.1. The zero-order valence-electron chi connectivity index (χ0n) is 22.8. The van der Waals surface area contributed by atoms with Crippen molar-refractivity contribution in [1.29, 1.82) is 0 Å². The summed E-state index contributed by atoms with van der Waals surface area (Å²) in [6, 6.07) is 0.206. The Hall–Kier alpha value is -1.74. The molecule has 4 heterocycles. The number of nitrogens with one attached hydrogen (secondary N) is 1. The minimum Gasteiger partial charge on any atom is -0.444 e. The van der Waals surface area contributed by atoms with Crippen molar-refractivity contribution in [2.75, 3.05) is 32.8 Å². The van der Waals surface area contributed by atoms with Crippen LogP contribution in [0.15, 0.2) is 4.52 Å². The Morgan fingerprint density at radius 1 is 1.11 bits per heavy atom. The van der Waals surface area contributed by atoms with Crippen molar-refractivity contribution >= 4 is 6.09 Å². The Balaban J connectivity index is 1.34. The lowest BCUT2D eigenvalue weighted by Gasteiger charge is -2.53. The number of carbonyl (C=O) groups is 1. The van der Waals surface area contributed by atoms with Crippen molar-refractivity contribution in [3.8, 4) is 0 Å². The molecule has 4 fully saturated rings. The molecule has 4 atom stereocenters. The molecule has 0 bridgehead atoms. The third-order valence-corrected chi connectivity index (χ3v) is 9.09. The second kappa shape index (κ2) is 11.2. The van der Waals surface area contributed by atoms with E-state index < -0.39 is 11.8 Å². The predicted octanol–water partition coefficient (Wildman–Crippen LogP) is 5.34. The number of piperidine rings is 2. The van der Waals surface area contributed by atoms with Gasteiger partial charge in [0, 0.05) is 49.5 Å². The van der Waals surface area contributed by atoms with E-state index in [4.69, 9.17) is 19.0 Å². The van der Waals surface area contributed by atoms with Gasteiger partial charge in [0.15, 0.2) is 5.82 Å². The van der Waals surface area contributed by atoms with Crippen molar-refractivity contribution < 1.29 is 23.2 Å². The van der Waals surface area contributed by atoms with Gasteiger partial charge in [-0.15, -0.1) is 0 Å². The van der Waals surface area contributed by atoms with Gasteiger partial charge in [-0.2, -0.15) is 4.98 Å². The van der Waals surface area contributed by atoms with Crippen LogP contribution in [-0.2, 0) is 9.47 Å². The fourth-order valence-corrected chi connectivity index (χ4v) is 7.34. The molecule has 0 radical (unpaired) electrons. The Bertz CT molecular complexity index is 896. The number of rotatable bonds is 3. The van der Waals surface area contributed by atoms with Crippen LogP contribution in [0, 0.1) is 11.3 Å². The molecular formula is C28H45FN4O4. The van der Waals surface area contributed by atoms with E-state index in [1.807, 2.05) is 20.8 Å². The maximum Gasteiger partial charge on any atom is 0.410 e. The van der Waals surface area contributed by atoms with Gasteiger partial charge in [-0.05, 0) is 52.9 Å². The number of ether oxygens (including phenoxy) is 2. The molecule has 37 heavy (non-hydrogen) atoms. The molecule has 0 aromatic carbocycles. The molecule has 1 aromatic heterocycles. The first kappa shape index (κ1) is 26.9. The van der Waals surface area contributed by atoms with Crippen LogP contribution in [0.25, 0.3) is 0 Å². The Labute approximate surface area is 220 Å². The van der Waals surface area contributed by atoms with Crippen LogP contribution in [-0.4, -0.2) is 71.8 Å². The van der Waals surface area contributed by atoms with Gasteiger partial charge < -0.3 is 24.2 Å². The lowest BCUT2D eigenvalue weighted by atomic mass is 9.57. The number of amides is 1. The first-order valence-electron chi connectivity index (χ1n) is 14.5. The third kappa shape index (κ3) is 5.82. The van der Waals surface area contributed by atoms with Crippen molar-refractivity contribution in [3.05, 3.63) is 11.7 Å². The topological polar surface area (TPSA) is 89.7 Å². The Morgan fingerprint density at radius 2 is 1.81 bits per heavy atom. The van der Waals surface area contributed by atoms with Crippen molar-refractivity contribution in [1.82, 2.24) is 20.4 Å². The van der Waals surface area contributed by atoms with Crippen molar-refractivity contribution in [2.45, 2.75) is 115 Å². The highest BCUT2D eigenvalue weighted by Crippen LogP contribution is 2.54. The molecule has 1 aliphatic carbocycles. The molecule has 208 valence electrons. The maximum absolute atomic E-state index is 15.9. The van der Waals surface area contributed by atoms with Gasteiger partial charge in [0.2, 0.25) is 5.89 Å². The summed E-state index contributed by atoms with van der Waals surface area (Å²) >= 11 is 0. The van der Waals surface area contributed by atoms with Gasteiger partial charge in [0.25, 0.3) is 0 Å². The van der Waals surface area contributed by atoms with E-state index in [1.54, 1.807) is 4.90 Å². The Morgan fingerprint density at radius 3 is 2.46 bits per heavy atom. The van der Waals surface area contributed by atoms with E-state index in [1.165, 1.54) is 19.3 Å². The van der Waals surface area contributed by atoms with Gasteiger partial charge in [0.1, 0.15) is 11.8 Å². The van der Waals surface area contributed by atoms with Crippen LogP contribution in [0.4, 0.5) is 9.18 Å². The first-order chi connectivity index (χ1) is 17.8. The maximum atomic E-state index is 15.9. The number of aromatic nitrogens is 2. The quantitative estimate of drug-likeness (QED) is 0.575.